The van der Waals surface area contributed by atoms with Crippen LogP contribution in [-0.4, -0.2) is 30.6 Å². The minimum Gasteiger partial charge on any atom is -0.365 e. The van der Waals surface area contributed by atoms with Crippen molar-refractivity contribution in [1.82, 2.24) is 5.43 Å². The fourth-order valence-electron chi connectivity index (χ4n) is 1.96. The Hall–Kier alpha value is -3.22. The number of benzene rings is 2. The van der Waals surface area contributed by atoms with E-state index in [0.717, 1.165) is 5.69 Å². The molecule has 0 unspecified atom stereocenters. The van der Waals surface area contributed by atoms with E-state index in [1.165, 1.54) is 12.3 Å². The largest absolute Gasteiger partial charge is 0.365 e. The number of nitrogens with zero attached hydrogens (tertiary/aromatic N) is 3. The minimum atomic E-state index is -0.494. The van der Waals surface area contributed by atoms with Crippen LogP contribution in [0.5, 0.6) is 0 Å². The standard InChI is InChI=1S/C16H16N4O3/c1-19(14-8-3-2-4-9-14)12-16(21)18-17-11-13-7-5-6-10-15(13)20(22)23/h2-11H,12H2,1H3,(H,18,21)/b17-11+. The summed E-state index contributed by atoms with van der Waals surface area (Å²) in [5, 5.41) is 14.6. The van der Waals surface area contributed by atoms with E-state index >= 15 is 0 Å². The second-order valence-electron chi connectivity index (χ2n) is 4.80. The molecule has 0 aliphatic heterocycles. The van der Waals surface area contributed by atoms with E-state index in [1.807, 2.05) is 30.3 Å². The number of anilines is 1. The molecule has 0 fully saturated rings. The maximum absolute atomic E-state index is 11.8. The maximum Gasteiger partial charge on any atom is 0.278 e. The van der Waals surface area contributed by atoms with Crippen LogP contribution in [0.15, 0.2) is 59.7 Å². The fourth-order valence-corrected chi connectivity index (χ4v) is 1.96. The van der Waals surface area contributed by atoms with Crippen LogP contribution in [0.1, 0.15) is 5.56 Å². The number of nitro groups is 1. The maximum atomic E-state index is 11.8. The lowest BCUT2D eigenvalue weighted by Crippen LogP contribution is -2.32. The molecule has 0 bridgehead atoms. The Morgan fingerprint density at radius 3 is 2.57 bits per heavy atom. The smallest absolute Gasteiger partial charge is 0.278 e. The van der Waals surface area contributed by atoms with Gasteiger partial charge in [0.25, 0.3) is 11.6 Å². The van der Waals surface area contributed by atoms with Gasteiger partial charge in [-0.2, -0.15) is 5.10 Å². The Morgan fingerprint density at radius 1 is 1.22 bits per heavy atom. The molecule has 0 aliphatic carbocycles. The van der Waals surface area contributed by atoms with Crippen molar-refractivity contribution in [2.24, 2.45) is 5.10 Å². The zero-order valence-electron chi connectivity index (χ0n) is 12.5. The van der Waals surface area contributed by atoms with E-state index in [9.17, 15) is 14.9 Å². The van der Waals surface area contributed by atoms with Gasteiger partial charge in [-0.3, -0.25) is 14.9 Å². The number of nitro benzene ring substituents is 1. The zero-order chi connectivity index (χ0) is 16.7. The van der Waals surface area contributed by atoms with Crippen LogP contribution in [0.2, 0.25) is 0 Å². The lowest BCUT2D eigenvalue weighted by atomic mass is 10.2. The van der Waals surface area contributed by atoms with Crippen LogP contribution in [0.4, 0.5) is 11.4 Å². The van der Waals surface area contributed by atoms with Crippen molar-refractivity contribution in [3.8, 4) is 0 Å². The lowest BCUT2D eigenvalue weighted by Gasteiger charge is -2.17. The van der Waals surface area contributed by atoms with Crippen molar-refractivity contribution in [3.63, 3.8) is 0 Å². The first-order valence-electron chi connectivity index (χ1n) is 6.89. The van der Waals surface area contributed by atoms with Gasteiger partial charge in [0.1, 0.15) is 0 Å². The van der Waals surface area contributed by atoms with E-state index in [4.69, 9.17) is 0 Å². The third-order valence-electron chi connectivity index (χ3n) is 3.10. The van der Waals surface area contributed by atoms with E-state index in [2.05, 4.69) is 10.5 Å². The molecule has 0 radical (unpaired) electrons. The highest BCUT2D eigenvalue weighted by atomic mass is 16.6. The van der Waals surface area contributed by atoms with Crippen LogP contribution in [-0.2, 0) is 4.79 Å². The van der Waals surface area contributed by atoms with E-state index in [1.54, 1.807) is 30.1 Å². The summed E-state index contributed by atoms with van der Waals surface area (Å²) in [6.07, 6.45) is 1.26. The van der Waals surface area contributed by atoms with Crippen LogP contribution in [0.3, 0.4) is 0 Å². The van der Waals surface area contributed by atoms with Crippen molar-refractivity contribution >= 4 is 23.5 Å². The molecule has 0 aromatic heterocycles. The molecule has 2 aromatic carbocycles. The van der Waals surface area contributed by atoms with Crippen molar-refractivity contribution in [2.45, 2.75) is 0 Å². The Kier molecular flexibility index (Phi) is 5.40. The van der Waals surface area contributed by atoms with Gasteiger partial charge in [0, 0.05) is 18.8 Å². The fraction of sp³-hybridized carbons (Fsp3) is 0.125. The number of hydrogen-bond acceptors (Lipinski definition) is 5. The van der Waals surface area contributed by atoms with Crippen molar-refractivity contribution < 1.29 is 9.72 Å². The minimum absolute atomic E-state index is 0.0631. The first-order chi connectivity index (χ1) is 11.1. The predicted molar refractivity (Wildman–Crippen MR) is 88.5 cm³/mol. The van der Waals surface area contributed by atoms with E-state index in [-0.39, 0.29) is 18.1 Å². The Balaban J connectivity index is 1.93. The summed E-state index contributed by atoms with van der Waals surface area (Å²) in [7, 11) is 1.79. The van der Waals surface area contributed by atoms with Crippen LogP contribution in [0.25, 0.3) is 0 Å². The summed E-state index contributed by atoms with van der Waals surface area (Å²) < 4.78 is 0. The van der Waals surface area contributed by atoms with Gasteiger partial charge in [-0.15, -0.1) is 0 Å². The number of likely N-dealkylation sites (N-methyl/N-ethyl adjacent to an activating group) is 1. The molecule has 0 aliphatic rings. The van der Waals surface area contributed by atoms with Gasteiger partial charge in [-0.05, 0) is 18.2 Å². The summed E-state index contributed by atoms with van der Waals surface area (Å²) in [6.45, 7) is 0.123. The molecule has 0 saturated heterocycles. The molecular formula is C16H16N4O3. The highest BCUT2D eigenvalue weighted by Crippen LogP contribution is 2.15. The Bertz CT molecular complexity index is 716. The van der Waals surface area contributed by atoms with Gasteiger partial charge in [0.05, 0.1) is 23.2 Å². The average molecular weight is 312 g/mol. The molecule has 1 amide bonds. The van der Waals surface area contributed by atoms with Crippen LogP contribution in [0, 0.1) is 10.1 Å². The van der Waals surface area contributed by atoms with Crippen molar-refractivity contribution in [3.05, 3.63) is 70.3 Å². The topological polar surface area (TPSA) is 87.8 Å². The van der Waals surface area contributed by atoms with Gasteiger partial charge in [0.15, 0.2) is 0 Å². The predicted octanol–water partition coefficient (Wildman–Crippen LogP) is 2.18. The average Bonchev–Trinajstić information content (AvgIpc) is 2.56. The summed E-state index contributed by atoms with van der Waals surface area (Å²) in [4.78, 5) is 24.0. The first kappa shape index (κ1) is 16.2. The number of para-hydroxylation sites is 2. The number of carbonyl (C=O) groups is 1. The molecule has 2 aromatic rings. The van der Waals surface area contributed by atoms with E-state index in [0.29, 0.717) is 5.56 Å². The monoisotopic (exact) mass is 312 g/mol. The molecule has 0 heterocycles. The highest BCUT2D eigenvalue weighted by molar-refractivity contribution is 5.87. The molecule has 7 heteroatoms. The SMILES string of the molecule is CN(CC(=O)N/N=C/c1ccccc1[N+](=O)[O-])c1ccccc1. The lowest BCUT2D eigenvalue weighted by molar-refractivity contribution is -0.385. The summed E-state index contributed by atoms with van der Waals surface area (Å²) in [5.74, 6) is -0.314. The van der Waals surface area contributed by atoms with E-state index < -0.39 is 4.92 Å². The zero-order valence-corrected chi connectivity index (χ0v) is 12.5. The van der Waals surface area contributed by atoms with Crippen molar-refractivity contribution in [1.29, 1.82) is 0 Å². The van der Waals surface area contributed by atoms with Gasteiger partial charge >= 0.3 is 0 Å². The molecule has 23 heavy (non-hydrogen) atoms. The first-order valence-corrected chi connectivity index (χ1v) is 6.89. The summed E-state index contributed by atoms with van der Waals surface area (Å²) >= 11 is 0. The van der Waals surface area contributed by atoms with Crippen LogP contribution >= 0.6 is 0 Å². The van der Waals surface area contributed by atoms with Gasteiger partial charge < -0.3 is 4.90 Å². The second-order valence-corrected chi connectivity index (χ2v) is 4.80. The molecule has 1 N–H and O–H groups in total. The molecule has 2 rings (SSSR count). The van der Waals surface area contributed by atoms with Gasteiger partial charge in [-0.25, -0.2) is 5.43 Å². The third kappa shape index (κ3) is 4.63. The number of carbonyl (C=O) groups excluding carboxylic acids is 1. The Morgan fingerprint density at radius 2 is 1.87 bits per heavy atom. The second kappa shape index (κ2) is 7.69. The summed E-state index contributed by atoms with van der Waals surface area (Å²) in [6, 6.07) is 15.6. The molecule has 7 nitrogen and oxygen atoms in total. The molecular weight excluding hydrogens is 296 g/mol. The number of hydrazone groups is 1. The number of hydrogen-bond donors (Lipinski definition) is 1. The number of nitrogens with one attached hydrogen (secondary N) is 1. The van der Waals surface area contributed by atoms with Gasteiger partial charge in [0.2, 0.25) is 0 Å². The normalized spacial score (nSPS) is 10.5. The highest BCUT2D eigenvalue weighted by Gasteiger charge is 2.10. The number of rotatable bonds is 6. The molecule has 0 saturated carbocycles. The molecule has 118 valence electrons. The molecule has 0 spiro atoms. The summed E-state index contributed by atoms with van der Waals surface area (Å²) in [5.41, 5.74) is 3.54. The van der Waals surface area contributed by atoms with Crippen molar-refractivity contribution in [2.75, 3.05) is 18.5 Å². The Labute approximate surface area is 133 Å². The third-order valence-corrected chi connectivity index (χ3v) is 3.10. The molecule has 0 atom stereocenters. The quantitative estimate of drug-likeness (QED) is 0.503. The number of amides is 1. The van der Waals surface area contributed by atoms with Gasteiger partial charge in [-0.1, -0.05) is 30.3 Å². The van der Waals surface area contributed by atoms with Crippen LogP contribution < -0.4 is 10.3 Å².